The van der Waals surface area contributed by atoms with E-state index in [2.05, 4.69) is 9.30 Å². The van der Waals surface area contributed by atoms with Gasteiger partial charge >= 0.3 is 0 Å². The summed E-state index contributed by atoms with van der Waals surface area (Å²) in [7, 11) is 0. The quantitative estimate of drug-likeness (QED) is 0.566. The Morgan fingerprint density at radius 2 is 1.93 bits per heavy atom. The van der Waals surface area contributed by atoms with Crippen LogP contribution in [0, 0.1) is 0 Å². The number of rotatable bonds is 2. The Balaban J connectivity index is 1.55. The number of aromatic hydroxyl groups is 1. The summed E-state index contributed by atoms with van der Waals surface area (Å²) in [5, 5.41) is 21.4. The second kappa shape index (κ2) is 7.41. The minimum Gasteiger partial charge on any atom is -0.507 e. The molecule has 158 valence electrons. The van der Waals surface area contributed by atoms with Crippen LogP contribution in [0.2, 0.25) is 10.0 Å². The third-order valence-corrected chi connectivity index (χ3v) is 7.44. The fourth-order valence-corrected chi connectivity index (χ4v) is 5.30. The predicted octanol–water partition coefficient (Wildman–Crippen LogP) is 5.24. The first-order chi connectivity index (χ1) is 14.3. The molecule has 0 saturated carbocycles. The lowest BCUT2D eigenvalue weighted by Gasteiger charge is -2.41. The highest BCUT2D eigenvalue weighted by molar-refractivity contribution is 6.44. The van der Waals surface area contributed by atoms with Crippen molar-refractivity contribution in [1.29, 1.82) is 0 Å². The molecule has 1 saturated heterocycles. The first-order valence-electron chi connectivity index (χ1n) is 10.5. The molecule has 2 N–H and O–H groups in total. The summed E-state index contributed by atoms with van der Waals surface area (Å²) in [6, 6.07) is 7.36. The van der Waals surface area contributed by atoms with Crippen LogP contribution in [0.1, 0.15) is 50.0 Å². The number of nitrogens with zero attached hydrogens (tertiary/aromatic N) is 3. The predicted molar refractivity (Wildman–Crippen MR) is 119 cm³/mol. The van der Waals surface area contributed by atoms with E-state index in [1.54, 1.807) is 12.1 Å². The molecule has 0 bridgehead atoms. The van der Waals surface area contributed by atoms with Crippen LogP contribution in [0.25, 0.3) is 16.8 Å². The minimum atomic E-state index is -0.556. The third-order valence-electron chi connectivity index (χ3n) is 6.64. The van der Waals surface area contributed by atoms with Gasteiger partial charge in [0, 0.05) is 30.5 Å². The van der Waals surface area contributed by atoms with Gasteiger partial charge in [-0.2, -0.15) is 0 Å². The number of aromatic nitrogens is 2. The maximum Gasteiger partial charge on any atom is 0.137 e. The van der Waals surface area contributed by atoms with Crippen molar-refractivity contribution in [3.63, 3.8) is 0 Å². The number of fused-ring (bicyclic) bond motifs is 3. The van der Waals surface area contributed by atoms with Gasteiger partial charge in [-0.05, 0) is 68.9 Å². The number of aryl methyl sites for hydroxylation is 1. The van der Waals surface area contributed by atoms with E-state index in [-0.39, 0.29) is 11.8 Å². The van der Waals surface area contributed by atoms with E-state index in [1.807, 2.05) is 25.3 Å². The molecule has 1 atom stereocenters. The highest BCUT2D eigenvalue weighted by Gasteiger charge is 2.35. The van der Waals surface area contributed by atoms with Gasteiger partial charge in [0.2, 0.25) is 0 Å². The molecule has 1 aliphatic heterocycles. The second-order valence-corrected chi connectivity index (χ2v) is 9.57. The lowest BCUT2D eigenvalue weighted by Crippen LogP contribution is -2.44. The molecule has 1 aliphatic carbocycles. The number of likely N-dealkylation sites (tertiary alicyclic amines) is 1. The molecule has 1 aromatic carbocycles. The summed E-state index contributed by atoms with van der Waals surface area (Å²) in [6.45, 7) is 3.71. The number of pyridine rings is 1. The molecule has 7 heteroatoms. The zero-order valence-corrected chi connectivity index (χ0v) is 18.4. The first kappa shape index (κ1) is 20.1. The Labute approximate surface area is 185 Å². The number of halogens is 2. The molecule has 2 aliphatic rings. The van der Waals surface area contributed by atoms with Crippen LogP contribution in [-0.2, 0) is 6.42 Å². The van der Waals surface area contributed by atoms with Crippen LogP contribution in [-0.4, -0.2) is 43.2 Å². The third kappa shape index (κ3) is 3.38. The van der Waals surface area contributed by atoms with Crippen LogP contribution < -0.4 is 0 Å². The fraction of sp³-hybridized carbons (Fsp3) is 0.435. The van der Waals surface area contributed by atoms with E-state index in [0.717, 1.165) is 62.1 Å². The molecular formula is C23H25Cl2N3O2. The highest BCUT2D eigenvalue weighted by Crippen LogP contribution is 2.42. The van der Waals surface area contributed by atoms with Crippen molar-refractivity contribution in [3.8, 4) is 16.9 Å². The summed E-state index contributed by atoms with van der Waals surface area (Å²) in [5.41, 5.74) is 4.01. The topological polar surface area (TPSA) is 61.0 Å². The van der Waals surface area contributed by atoms with Crippen molar-refractivity contribution in [3.05, 3.63) is 51.9 Å². The Bertz CT molecular complexity index is 1120. The average molecular weight is 446 g/mol. The van der Waals surface area contributed by atoms with Gasteiger partial charge in [-0.25, -0.2) is 4.98 Å². The van der Waals surface area contributed by atoms with Gasteiger partial charge in [-0.15, -0.1) is 0 Å². The summed E-state index contributed by atoms with van der Waals surface area (Å²) in [4.78, 5) is 7.49. The summed E-state index contributed by atoms with van der Waals surface area (Å²) < 4.78 is 2.15. The lowest BCUT2D eigenvalue weighted by molar-refractivity contribution is -0.0194. The molecule has 5 rings (SSSR count). The standard InChI is InChI=1S/C23H25Cl2N3O2/c1-23(30)8-11-27(12-9-23)16-3-2-4-17-22(16)26-19-13-14(7-10-28(17)19)20-18(29)6-5-15(24)21(20)25/h5-7,10,13,16,29-30H,2-4,8-9,11-12H2,1H3. The summed E-state index contributed by atoms with van der Waals surface area (Å²) in [5.74, 6) is 0.100. The van der Waals surface area contributed by atoms with Gasteiger partial charge in [0.1, 0.15) is 11.4 Å². The van der Waals surface area contributed by atoms with Crippen molar-refractivity contribution in [2.75, 3.05) is 13.1 Å². The normalized spacial score (nSPS) is 21.7. The molecule has 1 fully saturated rings. The Hall–Kier alpha value is -1.79. The van der Waals surface area contributed by atoms with E-state index in [9.17, 15) is 10.2 Å². The monoisotopic (exact) mass is 445 g/mol. The molecule has 5 nitrogen and oxygen atoms in total. The number of aliphatic hydroxyl groups is 1. The van der Waals surface area contributed by atoms with E-state index >= 15 is 0 Å². The zero-order chi connectivity index (χ0) is 21.0. The number of benzene rings is 1. The van der Waals surface area contributed by atoms with Crippen LogP contribution >= 0.6 is 23.2 Å². The number of hydrogen-bond acceptors (Lipinski definition) is 4. The lowest BCUT2D eigenvalue weighted by atomic mass is 9.89. The molecule has 0 radical (unpaired) electrons. The molecular weight excluding hydrogens is 421 g/mol. The van der Waals surface area contributed by atoms with Crippen molar-refractivity contribution in [2.24, 2.45) is 0 Å². The highest BCUT2D eigenvalue weighted by atomic mass is 35.5. The van der Waals surface area contributed by atoms with Crippen LogP contribution in [0.15, 0.2) is 30.5 Å². The molecule has 0 amide bonds. The Morgan fingerprint density at radius 1 is 1.17 bits per heavy atom. The van der Waals surface area contributed by atoms with Crippen molar-refractivity contribution in [2.45, 2.75) is 50.7 Å². The molecule has 2 aromatic heterocycles. The number of imidazole rings is 1. The molecule has 30 heavy (non-hydrogen) atoms. The smallest absolute Gasteiger partial charge is 0.137 e. The average Bonchev–Trinajstić information content (AvgIpc) is 3.09. The summed E-state index contributed by atoms with van der Waals surface area (Å²) in [6.07, 6.45) is 6.82. The molecule has 0 spiro atoms. The maximum atomic E-state index is 10.4. The van der Waals surface area contributed by atoms with Crippen LogP contribution in [0.3, 0.4) is 0 Å². The first-order valence-corrected chi connectivity index (χ1v) is 11.2. The van der Waals surface area contributed by atoms with E-state index in [1.165, 1.54) is 5.69 Å². The van der Waals surface area contributed by atoms with Crippen LogP contribution in [0.5, 0.6) is 5.75 Å². The minimum absolute atomic E-state index is 0.100. The van der Waals surface area contributed by atoms with E-state index in [0.29, 0.717) is 15.6 Å². The summed E-state index contributed by atoms with van der Waals surface area (Å²) >= 11 is 12.6. The van der Waals surface area contributed by atoms with Gasteiger partial charge in [0.15, 0.2) is 0 Å². The van der Waals surface area contributed by atoms with E-state index in [4.69, 9.17) is 28.2 Å². The van der Waals surface area contributed by atoms with Crippen LogP contribution in [0.4, 0.5) is 0 Å². The van der Waals surface area contributed by atoms with Gasteiger partial charge in [0.25, 0.3) is 0 Å². The molecule has 3 heterocycles. The SMILES string of the molecule is CC1(O)CCN(C2CCCc3c2nc2cc(-c4c(O)ccc(Cl)c4Cl)ccn32)CC1. The van der Waals surface area contributed by atoms with E-state index < -0.39 is 5.60 Å². The zero-order valence-electron chi connectivity index (χ0n) is 16.9. The van der Waals surface area contributed by atoms with Crippen molar-refractivity contribution < 1.29 is 10.2 Å². The number of phenolic OH excluding ortho intramolecular Hbond substituents is 1. The molecule has 3 aromatic rings. The molecule has 1 unspecified atom stereocenters. The van der Waals surface area contributed by atoms with Gasteiger partial charge in [0.05, 0.1) is 27.4 Å². The second-order valence-electron chi connectivity index (χ2n) is 8.78. The van der Waals surface area contributed by atoms with Gasteiger partial charge in [-0.1, -0.05) is 23.2 Å². The van der Waals surface area contributed by atoms with Crippen molar-refractivity contribution in [1.82, 2.24) is 14.3 Å². The van der Waals surface area contributed by atoms with Crippen molar-refractivity contribution >= 4 is 28.8 Å². The maximum absolute atomic E-state index is 10.4. The number of hydrogen-bond donors (Lipinski definition) is 2. The number of phenols is 1. The largest absolute Gasteiger partial charge is 0.507 e. The van der Waals surface area contributed by atoms with Gasteiger partial charge in [-0.3, -0.25) is 4.90 Å². The fourth-order valence-electron chi connectivity index (χ4n) is 4.87. The number of piperidine rings is 1. The Morgan fingerprint density at radius 3 is 2.70 bits per heavy atom. The van der Waals surface area contributed by atoms with Gasteiger partial charge < -0.3 is 14.6 Å². The Kier molecular flexibility index (Phi) is 4.98.